The van der Waals surface area contributed by atoms with Crippen LogP contribution in [0, 0.1) is 0 Å². The largest absolute Gasteiger partial charge is 0.395 e. The van der Waals surface area contributed by atoms with Gasteiger partial charge in [0.25, 0.3) is 5.91 Å². The number of hydrogen-bond acceptors (Lipinski definition) is 7. The SMILES string of the molecule is O=C(NCCO)c1ccc(N2CCN(Cc3cn4ccccc4n3)CC2)nn1. The third kappa shape index (κ3) is 4.10. The standard InChI is InChI=1S/C19H23N7O2/c27-12-6-20-19(28)16-4-5-18(23-22-16)25-10-8-24(9-11-25)13-15-14-26-7-2-1-3-17(26)21-15/h1-5,7,14,27H,6,8-13H2,(H,20,28). The van der Waals surface area contributed by atoms with Crippen molar-refractivity contribution in [1.29, 1.82) is 0 Å². The van der Waals surface area contributed by atoms with Gasteiger partial charge in [0.05, 0.1) is 12.3 Å². The fourth-order valence-corrected chi connectivity index (χ4v) is 3.30. The Bertz CT molecular complexity index is 900. The van der Waals surface area contributed by atoms with Gasteiger partial charge >= 0.3 is 0 Å². The van der Waals surface area contributed by atoms with E-state index in [0.29, 0.717) is 0 Å². The van der Waals surface area contributed by atoms with Gasteiger partial charge in [0, 0.05) is 51.7 Å². The monoisotopic (exact) mass is 381 g/mol. The molecular formula is C19H23N7O2. The maximum atomic E-state index is 11.8. The number of piperazine rings is 1. The van der Waals surface area contributed by atoms with Gasteiger partial charge in [0.15, 0.2) is 11.5 Å². The third-order valence-corrected chi connectivity index (χ3v) is 4.78. The second-order valence-electron chi connectivity index (χ2n) is 6.72. The third-order valence-electron chi connectivity index (χ3n) is 4.78. The van der Waals surface area contributed by atoms with Crippen molar-refractivity contribution in [2.75, 3.05) is 44.2 Å². The molecule has 3 aromatic rings. The molecule has 0 spiro atoms. The molecule has 3 aromatic heterocycles. The Balaban J connectivity index is 1.31. The van der Waals surface area contributed by atoms with E-state index in [4.69, 9.17) is 5.11 Å². The number of rotatable bonds is 6. The zero-order chi connectivity index (χ0) is 19.3. The maximum absolute atomic E-state index is 11.8. The lowest BCUT2D eigenvalue weighted by Gasteiger charge is -2.34. The highest BCUT2D eigenvalue weighted by Crippen LogP contribution is 2.15. The van der Waals surface area contributed by atoms with E-state index in [0.717, 1.165) is 49.9 Å². The number of hydrogen-bond donors (Lipinski definition) is 2. The second kappa shape index (κ2) is 8.32. The van der Waals surface area contributed by atoms with Crippen LogP contribution >= 0.6 is 0 Å². The minimum absolute atomic E-state index is 0.101. The maximum Gasteiger partial charge on any atom is 0.271 e. The van der Waals surface area contributed by atoms with Crippen molar-refractivity contribution in [3.05, 3.63) is 54.1 Å². The van der Waals surface area contributed by atoms with Crippen molar-refractivity contribution in [2.24, 2.45) is 0 Å². The van der Waals surface area contributed by atoms with Crippen LogP contribution < -0.4 is 10.2 Å². The van der Waals surface area contributed by atoms with E-state index in [1.807, 2.05) is 34.9 Å². The molecule has 4 heterocycles. The highest BCUT2D eigenvalue weighted by atomic mass is 16.3. The topological polar surface area (TPSA) is 98.9 Å². The summed E-state index contributed by atoms with van der Waals surface area (Å²) in [5.74, 6) is 0.441. The molecule has 0 bridgehead atoms. The van der Waals surface area contributed by atoms with Gasteiger partial charge in [-0.1, -0.05) is 6.07 Å². The average Bonchev–Trinajstić information content (AvgIpc) is 3.15. The molecule has 1 fully saturated rings. The summed E-state index contributed by atoms with van der Waals surface area (Å²) in [7, 11) is 0. The molecule has 9 nitrogen and oxygen atoms in total. The molecule has 9 heteroatoms. The second-order valence-corrected chi connectivity index (χ2v) is 6.72. The number of carbonyl (C=O) groups is 1. The molecule has 1 aliphatic rings. The van der Waals surface area contributed by atoms with Crippen LogP contribution in [0.1, 0.15) is 16.2 Å². The van der Waals surface area contributed by atoms with Crippen molar-refractivity contribution in [1.82, 2.24) is 29.8 Å². The lowest BCUT2D eigenvalue weighted by atomic mass is 10.3. The van der Waals surface area contributed by atoms with Gasteiger partial charge in [0.1, 0.15) is 5.65 Å². The van der Waals surface area contributed by atoms with Gasteiger partial charge in [0.2, 0.25) is 0 Å². The lowest BCUT2D eigenvalue weighted by molar-refractivity contribution is 0.0939. The van der Waals surface area contributed by atoms with Gasteiger partial charge in [-0.25, -0.2) is 4.98 Å². The Labute approximate surface area is 162 Å². The molecule has 28 heavy (non-hydrogen) atoms. The van der Waals surface area contributed by atoms with Crippen molar-refractivity contribution in [3.63, 3.8) is 0 Å². The van der Waals surface area contributed by atoms with Crippen molar-refractivity contribution in [3.8, 4) is 0 Å². The fourth-order valence-electron chi connectivity index (χ4n) is 3.30. The minimum Gasteiger partial charge on any atom is -0.395 e. The van der Waals surface area contributed by atoms with E-state index in [-0.39, 0.29) is 24.8 Å². The number of nitrogens with one attached hydrogen (secondary N) is 1. The molecule has 0 unspecified atom stereocenters. The molecule has 0 atom stereocenters. The zero-order valence-electron chi connectivity index (χ0n) is 15.5. The molecule has 4 rings (SSSR count). The smallest absolute Gasteiger partial charge is 0.271 e. The predicted octanol–water partition coefficient (Wildman–Crippen LogP) is 0.169. The van der Waals surface area contributed by atoms with Crippen molar-refractivity contribution in [2.45, 2.75) is 6.54 Å². The molecule has 0 aromatic carbocycles. The number of aliphatic hydroxyl groups is 1. The van der Waals surface area contributed by atoms with Crippen LogP contribution in [0.2, 0.25) is 0 Å². The molecule has 1 amide bonds. The van der Waals surface area contributed by atoms with Crippen molar-refractivity contribution < 1.29 is 9.90 Å². The molecule has 0 radical (unpaired) electrons. The summed E-state index contributed by atoms with van der Waals surface area (Å²) in [6.07, 6.45) is 4.09. The quantitative estimate of drug-likeness (QED) is 0.628. The van der Waals surface area contributed by atoms with E-state index in [9.17, 15) is 4.79 Å². The first-order chi connectivity index (χ1) is 13.7. The Kier molecular flexibility index (Phi) is 5.45. The minimum atomic E-state index is -0.328. The van der Waals surface area contributed by atoms with Crippen LogP contribution in [-0.2, 0) is 6.54 Å². The predicted molar refractivity (Wildman–Crippen MR) is 104 cm³/mol. The van der Waals surface area contributed by atoms with Crippen LogP contribution in [0.3, 0.4) is 0 Å². The van der Waals surface area contributed by atoms with Crippen LogP contribution in [-0.4, -0.2) is 74.8 Å². The fraction of sp³-hybridized carbons (Fsp3) is 0.368. The molecule has 1 saturated heterocycles. The molecule has 146 valence electrons. The first-order valence-corrected chi connectivity index (χ1v) is 9.35. The van der Waals surface area contributed by atoms with Crippen LogP contribution in [0.5, 0.6) is 0 Å². The summed E-state index contributed by atoms with van der Waals surface area (Å²) in [6.45, 7) is 4.44. The highest BCUT2D eigenvalue weighted by molar-refractivity contribution is 5.92. The average molecular weight is 381 g/mol. The van der Waals surface area contributed by atoms with Crippen LogP contribution in [0.4, 0.5) is 5.82 Å². The number of fused-ring (bicyclic) bond motifs is 1. The number of aromatic nitrogens is 4. The summed E-state index contributed by atoms with van der Waals surface area (Å²) in [6, 6.07) is 9.48. The number of anilines is 1. The van der Waals surface area contributed by atoms with Crippen LogP contribution in [0.25, 0.3) is 5.65 Å². The first-order valence-electron chi connectivity index (χ1n) is 9.35. The zero-order valence-corrected chi connectivity index (χ0v) is 15.5. The summed E-state index contributed by atoms with van der Waals surface area (Å²) in [4.78, 5) is 21.0. The number of aliphatic hydroxyl groups excluding tert-OH is 1. The van der Waals surface area contributed by atoms with Gasteiger partial charge in [-0.15, -0.1) is 10.2 Å². The first kappa shape index (κ1) is 18.3. The Morgan fingerprint density at radius 3 is 2.68 bits per heavy atom. The number of carbonyl (C=O) groups excluding carboxylic acids is 1. The molecule has 1 aliphatic heterocycles. The van der Waals surface area contributed by atoms with E-state index in [1.54, 1.807) is 6.07 Å². The number of pyridine rings is 1. The Morgan fingerprint density at radius 1 is 1.11 bits per heavy atom. The highest BCUT2D eigenvalue weighted by Gasteiger charge is 2.20. The summed E-state index contributed by atoms with van der Waals surface area (Å²) in [5.41, 5.74) is 2.29. The van der Waals surface area contributed by atoms with E-state index in [2.05, 4.69) is 36.5 Å². The Hall–Kier alpha value is -3.04. The van der Waals surface area contributed by atoms with Gasteiger partial charge in [-0.2, -0.15) is 0 Å². The van der Waals surface area contributed by atoms with Crippen molar-refractivity contribution >= 4 is 17.4 Å². The number of amides is 1. The number of nitrogens with zero attached hydrogens (tertiary/aromatic N) is 6. The molecule has 0 saturated carbocycles. The van der Waals surface area contributed by atoms with E-state index < -0.39 is 0 Å². The summed E-state index contributed by atoms with van der Waals surface area (Å²) < 4.78 is 2.04. The van der Waals surface area contributed by atoms with Crippen LogP contribution in [0.15, 0.2) is 42.7 Å². The van der Waals surface area contributed by atoms with E-state index in [1.165, 1.54) is 0 Å². The lowest BCUT2D eigenvalue weighted by Crippen LogP contribution is -2.46. The normalized spacial score (nSPS) is 15.1. The van der Waals surface area contributed by atoms with Gasteiger partial charge in [-0.05, 0) is 24.3 Å². The molecule has 2 N–H and O–H groups in total. The van der Waals surface area contributed by atoms with E-state index >= 15 is 0 Å². The summed E-state index contributed by atoms with van der Waals surface area (Å²) >= 11 is 0. The molecular weight excluding hydrogens is 358 g/mol. The molecule has 0 aliphatic carbocycles. The van der Waals surface area contributed by atoms with Gasteiger partial charge in [-0.3, -0.25) is 9.69 Å². The summed E-state index contributed by atoms with van der Waals surface area (Å²) in [5, 5.41) is 19.5. The Morgan fingerprint density at radius 2 is 1.96 bits per heavy atom. The van der Waals surface area contributed by atoms with Gasteiger partial charge < -0.3 is 19.7 Å². The number of imidazole rings is 1.